The van der Waals surface area contributed by atoms with Crippen molar-refractivity contribution in [3.05, 3.63) is 0 Å². The molecule has 1 saturated heterocycles. The maximum Gasteiger partial charge on any atom is 0.410 e. The molecule has 0 aromatic rings. The Morgan fingerprint density at radius 3 is 2.19 bits per heavy atom. The van der Waals surface area contributed by atoms with Crippen LogP contribution in [0.3, 0.4) is 0 Å². The van der Waals surface area contributed by atoms with Crippen molar-refractivity contribution in [1.29, 1.82) is 0 Å². The van der Waals surface area contributed by atoms with Gasteiger partial charge in [-0.2, -0.15) is 0 Å². The van der Waals surface area contributed by atoms with Crippen LogP contribution < -0.4 is 0 Å². The molecule has 4 unspecified atom stereocenters. The second-order valence-electron chi connectivity index (χ2n) is 5.16. The number of alkyl halides is 2. The molecule has 2 aliphatic carbocycles. The van der Waals surface area contributed by atoms with Gasteiger partial charge in [-0.25, -0.2) is 4.79 Å². The third-order valence-electron chi connectivity index (χ3n) is 4.67. The highest BCUT2D eigenvalue weighted by atomic mass is 79.9. The summed E-state index contributed by atoms with van der Waals surface area (Å²) in [6.45, 7) is 0. The second kappa shape index (κ2) is 3.37. The largest absolute Gasteiger partial charge is 0.453 e. The summed E-state index contributed by atoms with van der Waals surface area (Å²) >= 11 is 7.44. The maximum atomic E-state index is 11.8. The van der Waals surface area contributed by atoms with Crippen LogP contribution in [0, 0.1) is 0 Å². The van der Waals surface area contributed by atoms with Gasteiger partial charge in [0.05, 0.1) is 18.2 Å². The standard InChI is InChI=1S/C11H15Br2NO2/c1-16-9(15)14-10-3-2-4-11(10,14)6-8(13)7(12)5-10/h7-8H,2-6H2,1H3. The Balaban J connectivity index is 1.93. The van der Waals surface area contributed by atoms with Gasteiger partial charge in [0, 0.05) is 9.65 Å². The van der Waals surface area contributed by atoms with Crippen LogP contribution in [0.5, 0.6) is 0 Å². The van der Waals surface area contributed by atoms with Crippen molar-refractivity contribution < 1.29 is 9.53 Å². The Morgan fingerprint density at radius 2 is 1.75 bits per heavy atom. The van der Waals surface area contributed by atoms with E-state index in [1.54, 1.807) is 0 Å². The number of methoxy groups -OCH3 is 1. The minimum absolute atomic E-state index is 0.110. The Hall–Kier alpha value is 0.230. The number of amides is 1. The van der Waals surface area contributed by atoms with Gasteiger partial charge in [0.2, 0.25) is 0 Å². The van der Waals surface area contributed by atoms with E-state index in [0.717, 1.165) is 25.7 Å². The van der Waals surface area contributed by atoms with Gasteiger partial charge < -0.3 is 4.74 Å². The van der Waals surface area contributed by atoms with Gasteiger partial charge in [-0.1, -0.05) is 31.9 Å². The van der Waals surface area contributed by atoms with E-state index in [1.165, 1.54) is 13.5 Å². The predicted octanol–water partition coefficient (Wildman–Crippen LogP) is 3.05. The van der Waals surface area contributed by atoms with Crippen molar-refractivity contribution >= 4 is 38.0 Å². The Kier molecular flexibility index (Phi) is 2.39. The van der Waals surface area contributed by atoms with Crippen molar-refractivity contribution in [3.8, 4) is 0 Å². The number of hydrogen-bond donors (Lipinski definition) is 0. The average Bonchev–Trinajstić information content (AvgIpc) is 2.60. The quantitative estimate of drug-likeness (QED) is 0.495. The van der Waals surface area contributed by atoms with Crippen LogP contribution in [0.2, 0.25) is 0 Å². The molecular formula is C11H15Br2NO2. The van der Waals surface area contributed by atoms with Crippen LogP contribution in [0.4, 0.5) is 4.79 Å². The van der Waals surface area contributed by atoms with Crippen molar-refractivity contribution in [2.45, 2.75) is 52.8 Å². The van der Waals surface area contributed by atoms with Crippen molar-refractivity contribution in [1.82, 2.24) is 4.90 Å². The number of halogens is 2. The third-order valence-corrected chi connectivity index (χ3v) is 7.30. The van der Waals surface area contributed by atoms with E-state index in [1.807, 2.05) is 4.90 Å². The number of hydrogen-bond acceptors (Lipinski definition) is 2. The van der Waals surface area contributed by atoms with Crippen LogP contribution in [0.15, 0.2) is 0 Å². The monoisotopic (exact) mass is 351 g/mol. The molecule has 1 aliphatic heterocycles. The van der Waals surface area contributed by atoms with Crippen molar-refractivity contribution in [2.24, 2.45) is 0 Å². The van der Waals surface area contributed by atoms with E-state index in [2.05, 4.69) is 31.9 Å². The topological polar surface area (TPSA) is 29.3 Å². The van der Waals surface area contributed by atoms with Gasteiger partial charge in [0.15, 0.2) is 0 Å². The zero-order valence-electron chi connectivity index (χ0n) is 9.21. The highest BCUT2D eigenvalue weighted by Crippen LogP contribution is 2.70. The molecule has 3 aliphatic rings. The lowest BCUT2D eigenvalue weighted by Gasteiger charge is -2.28. The van der Waals surface area contributed by atoms with E-state index in [4.69, 9.17) is 4.74 Å². The van der Waals surface area contributed by atoms with Crippen LogP contribution in [0.25, 0.3) is 0 Å². The minimum Gasteiger partial charge on any atom is -0.453 e. The molecule has 0 spiro atoms. The number of rotatable bonds is 0. The molecule has 5 heteroatoms. The zero-order chi connectivity index (χ0) is 11.6. The number of likely N-dealkylation sites (tertiary alicyclic amines) is 1. The summed E-state index contributed by atoms with van der Waals surface area (Å²) in [6.07, 6.45) is 5.50. The highest BCUT2D eigenvalue weighted by Gasteiger charge is 2.81. The van der Waals surface area contributed by atoms with Crippen molar-refractivity contribution in [3.63, 3.8) is 0 Å². The van der Waals surface area contributed by atoms with E-state index >= 15 is 0 Å². The average molecular weight is 353 g/mol. The van der Waals surface area contributed by atoms with E-state index in [-0.39, 0.29) is 17.2 Å². The number of piperidine rings is 1. The second-order valence-corrected chi connectivity index (χ2v) is 7.51. The summed E-state index contributed by atoms with van der Waals surface area (Å²) in [5, 5.41) is 0. The fraction of sp³-hybridized carbons (Fsp3) is 0.909. The molecule has 1 heterocycles. The molecule has 0 radical (unpaired) electrons. The van der Waals surface area contributed by atoms with Gasteiger partial charge in [0.25, 0.3) is 0 Å². The Labute approximate surface area is 112 Å². The first-order valence-corrected chi connectivity index (χ1v) is 7.57. The van der Waals surface area contributed by atoms with Gasteiger partial charge in [-0.3, -0.25) is 4.90 Å². The molecule has 2 saturated carbocycles. The summed E-state index contributed by atoms with van der Waals surface area (Å²) in [6, 6.07) is 0. The van der Waals surface area contributed by atoms with Crippen LogP contribution >= 0.6 is 31.9 Å². The number of ether oxygens (including phenoxy) is 1. The Bertz CT molecular complexity index is 327. The summed E-state index contributed by atoms with van der Waals surface area (Å²) in [5.41, 5.74) is 0.219. The van der Waals surface area contributed by atoms with E-state index in [0.29, 0.717) is 9.65 Å². The Morgan fingerprint density at radius 1 is 1.25 bits per heavy atom. The summed E-state index contributed by atoms with van der Waals surface area (Å²) in [7, 11) is 1.48. The van der Waals surface area contributed by atoms with E-state index in [9.17, 15) is 4.79 Å². The molecule has 1 amide bonds. The van der Waals surface area contributed by atoms with Crippen LogP contribution in [-0.2, 0) is 4.74 Å². The lowest BCUT2D eigenvalue weighted by atomic mass is 9.82. The lowest BCUT2D eigenvalue weighted by molar-refractivity contribution is 0.138. The van der Waals surface area contributed by atoms with Crippen molar-refractivity contribution in [2.75, 3.05) is 7.11 Å². The molecule has 4 atom stereocenters. The number of carbonyl (C=O) groups excluding carboxylic acids is 1. The molecule has 3 nitrogen and oxygen atoms in total. The fourth-order valence-corrected chi connectivity index (χ4v) is 5.48. The molecule has 0 N–H and O–H groups in total. The van der Waals surface area contributed by atoms with Gasteiger partial charge in [-0.05, 0) is 32.1 Å². The first kappa shape index (κ1) is 11.3. The van der Waals surface area contributed by atoms with E-state index < -0.39 is 0 Å². The molecule has 90 valence electrons. The molecule has 0 bridgehead atoms. The van der Waals surface area contributed by atoms with Gasteiger partial charge in [0.1, 0.15) is 0 Å². The zero-order valence-corrected chi connectivity index (χ0v) is 12.4. The molecule has 3 rings (SSSR count). The van der Waals surface area contributed by atoms with Gasteiger partial charge >= 0.3 is 6.09 Å². The lowest BCUT2D eigenvalue weighted by Crippen LogP contribution is -2.36. The molecular weight excluding hydrogens is 338 g/mol. The molecule has 0 aromatic heterocycles. The smallest absolute Gasteiger partial charge is 0.410 e. The molecule has 3 fully saturated rings. The SMILES string of the molecule is COC(=O)N1C23CCCC12CC(Br)C(Br)C3. The summed E-state index contributed by atoms with van der Waals surface area (Å²) < 4.78 is 4.92. The number of carbonyl (C=O) groups is 1. The molecule has 0 aromatic carbocycles. The fourth-order valence-electron chi connectivity index (χ4n) is 4.04. The first-order valence-electron chi connectivity index (χ1n) is 5.74. The summed E-state index contributed by atoms with van der Waals surface area (Å²) in [5.74, 6) is 0. The predicted molar refractivity (Wildman–Crippen MR) is 68.2 cm³/mol. The molecule has 16 heavy (non-hydrogen) atoms. The minimum atomic E-state index is -0.138. The highest BCUT2D eigenvalue weighted by molar-refractivity contribution is 9.12. The van der Waals surface area contributed by atoms with Crippen LogP contribution in [-0.4, -0.2) is 38.8 Å². The van der Waals surface area contributed by atoms with Crippen LogP contribution in [0.1, 0.15) is 32.1 Å². The van der Waals surface area contributed by atoms with Gasteiger partial charge in [-0.15, -0.1) is 0 Å². The normalized spacial score (nSPS) is 49.6. The maximum absolute atomic E-state index is 11.8. The third kappa shape index (κ3) is 1.12. The first-order chi connectivity index (χ1) is 7.57. The number of nitrogens with zero attached hydrogens (tertiary/aromatic N) is 1. The summed E-state index contributed by atoms with van der Waals surface area (Å²) in [4.78, 5) is 14.8.